The van der Waals surface area contributed by atoms with Gasteiger partial charge in [-0.25, -0.2) is 0 Å². The normalized spacial score (nSPS) is 12.6. The van der Waals surface area contributed by atoms with E-state index in [9.17, 15) is 19.8 Å². The molecule has 1 amide bonds. The highest BCUT2D eigenvalue weighted by Gasteiger charge is 2.20. The fraction of sp³-hybridized carbons (Fsp3) is 0.920. The fourth-order valence-electron chi connectivity index (χ4n) is 11.8. The van der Waals surface area contributed by atoms with Gasteiger partial charge in [0.05, 0.1) is 25.4 Å². The summed E-state index contributed by atoms with van der Waals surface area (Å²) in [4.78, 5) is 24.6. The van der Waals surface area contributed by atoms with E-state index in [1.807, 2.05) is 0 Å². The highest BCUT2D eigenvalue weighted by molar-refractivity contribution is 5.76. The SMILES string of the molecule is CCCC/C=C\C/C=C\CCCCCCCC(=O)OCCCCCCCCCCCCCCCCCCCCCCCCCCCCCCCCCCCCCC(=O)NC(CO)C(O)CCCCCCCCCCCCCCCCC. The minimum atomic E-state index is -0.660. The smallest absolute Gasteiger partial charge is 0.305 e. The number of carbonyl (C=O) groups is 2. The van der Waals surface area contributed by atoms with Gasteiger partial charge in [-0.15, -0.1) is 0 Å². The number of esters is 1. The van der Waals surface area contributed by atoms with Gasteiger partial charge < -0.3 is 20.3 Å². The summed E-state index contributed by atoms with van der Waals surface area (Å²) in [6, 6.07) is -0.537. The Morgan fingerprint density at radius 1 is 0.346 bits per heavy atom. The lowest BCUT2D eigenvalue weighted by Gasteiger charge is -2.22. The lowest BCUT2D eigenvalue weighted by atomic mass is 10.0. The van der Waals surface area contributed by atoms with Gasteiger partial charge >= 0.3 is 5.97 Å². The number of aliphatic hydroxyl groups is 2. The molecule has 480 valence electrons. The third-order valence-electron chi connectivity index (χ3n) is 17.5. The first-order valence-corrected chi connectivity index (χ1v) is 37.1. The zero-order valence-corrected chi connectivity index (χ0v) is 55.0. The molecule has 0 aromatic heterocycles. The lowest BCUT2D eigenvalue weighted by Crippen LogP contribution is -2.45. The van der Waals surface area contributed by atoms with E-state index in [2.05, 4.69) is 43.5 Å². The average molecular weight is 1140 g/mol. The van der Waals surface area contributed by atoms with Crippen LogP contribution in [-0.2, 0) is 14.3 Å². The molecular weight excluding hydrogens is 995 g/mol. The number of ether oxygens (including phenoxy) is 1. The van der Waals surface area contributed by atoms with Gasteiger partial charge in [-0.3, -0.25) is 9.59 Å². The molecule has 6 heteroatoms. The number of carbonyl (C=O) groups excluding carboxylic acids is 2. The standard InChI is InChI=1S/C75H145NO5/c1-3-5-7-9-11-13-15-17-40-43-47-51-55-59-63-67-73(78)72(71-77)76-74(79)68-64-60-56-52-48-44-41-38-36-34-32-30-28-26-24-22-20-19-21-23-25-27-29-31-33-35-37-39-42-46-50-54-58-62-66-70-81-75(80)69-65-61-57-53-49-45-18-16-14-12-10-8-6-4-2/h10,12,16,18,72-73,77-78H,3-9,11,13-15,17,19-71H2,1-2H3,(H,76,79)/b12-10-,18-16-. The molecule has 81 heavy (non-hydrogen) atoms. The van der Waals surface area contributed by atoms with Crippen molar-refractivity contribution in [1.82, 2.24) is 5.32 Å². The summed E-state index contributed by atoms with van der Waals surface area (Å²) in [5.41, 5.74) is 0. The lowest BCUT2D eigenvalue weighted by molar-refractivity contribution is -0.143. The highest BCUT2D eigenvalue weighted by Crippen LogP contribution is 2.20. The Labute approximate surface area is 507 Å². The summed E-state index contributed by atoms with van der Waals surface area (Å²) < 4.78 is 5.49. The van der Waals surface area contributed by atoms with Gasteiger partial charge in [0.25, 0.3) is 0 Å². The molecule has 0 aliphatic heterocycles. The van der Waals surface area contributed by atoms with E-state index in [4.69, 9.17) is 4.74 Å². The molecule has 0 spiro atoms. The van der Waals surface area contributed by atoms with Crippen molar-refractivity contribution < 1.29 is 24.5 Å². The summed E-state index contributed by atoms with van der Waals surface area (Å²) in [5, 5.41) is 23.3. The molecule has 0 saturated carbocycles. The predicted octanol–water partition coefficient (Wildman–Crippen LogP) is 24.1. The van der Waals surface area contributed by atoms with Crippen molar-refractivity contribution in [2.24, 2.45) is 0 Å². The molecule has 0 radical (unpaired) electrons. The van der Waals surface area contributed by atoms with Crippen molar-refractivity contribution in [2.45, 2.75) is 431 Å². The van der Waals surface area contributed by atoms with Gasteiger partial charge in [-0.2, -0.15) is 0 Å². The molecule has 0 bridgehead atoms. The molecule has 3 N–H and O–H groups in total. The minimum absolute atomic E-state index is 0.00849. The summed E-state index contributed by atoms with van der Waals surface area (Å²) in [6.45, 7) is 4.95. The average Bonchev–Trinajstić information content (AvgIpc) is 3.47. The van der Waals surface area contributed by atoms with Gasteiger partial charge in [0.1, 0.15) is 0 Å². The van der Waals surface area contributed by atoms with Crippen molar-refractivity contribution >= 4 is 11.9 Å². The zero-order chi connectivity index (χ0) is 58.5. The molecule has 6 nitrogen and oxygen atoms in total. The molecule has 2 unspecified atom stereocenters. The van der Waals surface area contributed by atoms with Crippen LogP contribution in [0, 0.1) is 0 Å². The van der Waals surface area contributed by atoms with Crippen LogP contribution in [0.1, 0.15) is 418 Å². The van der Waals surface area contributed by atoms with E-state index < -0.39 is 12.1 Å². The van der Waals surface area contributed by atoms with Crippen LogP contribution in [0.4, 0.5) is 0 Å². The van der Waals surface area contributed by atoms with Crippen LogP contribution in [0.3, 0.4) is 0 Å². The Morgan fingerprint density at radius 2 is 0.630 bits per heavy atom. The second kappa shape index (κ2) is 70.8. The number of nitrogens with one attached hydrogen (secondary N) is 1. The van der Waals surface area contributed by atoms with Gasteiger partial charge in [-0.05, 0) is 51.4 Å². The molecule has 0 heterocycles. The Kier molecular flexibility index (Phi) is 69.4. The zero-order valence-electron chi connectivity index (χ0n) is 55.0. The Hall–Kier alpha value is -1.66. The Bertz CT molecular complexity index is 1270. The van der Waals surface area contributed by atoms with E-state index in [1.54, 1.807) is 0 Å². The van der Waals surface area contributed by atoms with Crippen LogP contribution in [0.5, 0.6) is 0 Å². The van der Waals surface area contributed by atoms with Crippen LogP contribution in [0.15, 0.2) is 24.3 Å². The summed E-state index contributed by atoms with van der Waals surface area (Å²) in [5.74, 6) is -0.0179. The molecule has 0 aliphatic rings. The van der Waals surface area contributed by atoms with E-state index in [1.165, 1.54) is 334 Å². The van der Waals surface area contributed by atoms with Crippen LogP contribution in [0.25, 0.3) is 0 Å². The van der Waals surface area contributed by atoms with Crippen molar-refractivity contribution in [1.29, 1.82) is 0 Å². The Balaban J connectivity index is 3.30. The van der Waals surface area contributed by atoms with Crippen molar-refractivity contribution in [2.75, 3.05) is 13.2 Å². The first-order valence-electron chi connectivity index (χ1n) is 37.1. The number of aliphatic hydroxyl groups excluding tert-OH is 2. The number of allylic oxidation sites excluding steroid dienone is 4. The molecule has 0 fully saturated rings. The van der Waals surface area contributed by atoms with Crippen molar-refractivity contribution in [3.8, 4) is 0 Å². The van der Waals surface area contributed by atoms with Gasteiger partial charge in [-0.1, -0.05) is 378 Å². The van der Waals surface area contributed by atoms with Crippen LogP contribution in [-0.4, -0.2) is 47.4 Å². The van der Waals surface area contributed by atoms with E-state index in [0.717, 1.165) is 51.4 Å². The maximum Gasteiger partial charge on any atom is 0.305 e. The highest BCUT2D eigenvalue weighted by atomic mass is 16.5. The monoisotopic (exact) mass is 1140 g/mol. The van der Waals surface area contributed by atoms with Gasteiger partial charge in [0.15, 0.2) is 0 Å². The maximum absolute atomic E-state index is 12.5. The number of rotatable bonds is 70. The van der Waals surface area contributed by atoms with E-state index >= 15 is 0 Å². The third kappa shape index (κ3) is 67.3. The molecule has 0 aromatic carbocycles. The number of hydrogen-bond acceptors (Lipinski definition) is 5. The van der Waals surface area contributed by atoms with Crippen molar-refractivity contribution in [3.05, 3.63) is 24.3 Å². The summed E-state index contributed by atoms with van der Waals surface area (Å²) in [6.07, 6.45) is 89.7. The van der Waals surface area contributed by atoms with E-state index in [-0.39, 0.29) is 18.5 Å². The number of hydrogen-bond donors (Lipinski definition) is 3. The summed E-state index contributed by atoms with van der Waals surface area (Å²) in [7, 11) is 0. The number of amides is 1. The Morgan fingerprint density at radius 3 is 0.975 bits per heavy atom. The summed E-state index contributed by atoms with van der Waals surface area (Å²) >= 11 is 0. The van der Waals surface area contributed by atoms with Crippen molar-refractivity contribution in [3.63, 3.8) is 0 Å². The molecule has 0 aliphatic carbocycles. The van der Waals surface area contributed by atoms with E-state index in [0.29, 0.717) is 25.9 Å². The first-order chi connectivity index (χ1) is 40.0. The molecule has 0 aromatic rings. The van der Waals surface area contributed by atoms with Crippen LogP contribution in [0.2, 0.25) is 0 Å². The second-order valence-electron chi connectivity index (χ2n) is 25.6. The minimum Gasteiger partial charge on any atom is -0.466 e. The largest absolute Gasteiger partial charge is 0.466 e. The maximum atomic E-state index is 12.5. The van der Waals surface area contributed by atoms with Crippen LogP contribution >= 0.6 is 0 Å². The molecule has 2 atom stereocenters. The topological polar surface area (TPSA) is 95.9 Å². The second-order valence-corrected chi connectivity index (χ2v) is 25.6. The predicted molar refractivity (Wildman–Crippen MR) is 356 cm³/mol. The van der Waals surface area contributed by atoms with Gasteiger partial charge in [0.2, 0.25) is 5.91 Å². The first kappa shape index (κ1) is 79.3. The molecule has 0 rings (SSSR count). The van der Waals surface area contributed by atoms with Crippen LogP contribution < -0.4 is 5.32 Å². The van der Waals surface area contributed by atoms with Gasteiger partial charge in [0, 0.05) is 12.8 Å². The quantitative estimate of drug-likeness (QED) is 0.0320. The third-order valence-corrected chi connectivity index (χ3v) is 17.5. The fourth-order valence-corrected chi connectivity index (χ4v) is 11.8. The molecular formula is C75H145NO5. The number of unbranched alkanes of at least 4 members (excludes halogenated alkanes) is 55. The molecule has 0 saturated heterocycles.